The molecule has 2 aromatic rings. The van der Waals surface area contributed by atoms with E-state index in [9.17, 15) is 4.39 Å². The van der Waals surface area contributed by atoms with Crippen molar-refractivity contribution in [3.05, 3.63) is 29.8 Å². The number of morpholine rings is 1. The Labute approximate surface area is 117 Å². The third-order valence-electron chi connectivity index (χ3n) is 3.69. The molecule has 1 aromatic carbocycles. The first-order valence-electron chi connectivity index (χ1n) is 7.13. The number of fused-ring (bicyclic) bond motifs is 1. The van der Waals surface area contributed by atoms with Crippen LogP contribution in [-0.2, 0) is 11.2 Å². The van der Waals surface area contributed by atoms with Crippen LogP contribution in [-0.4, -0.2) is 35.4 Å². The lowest BCUT2D eigenvalue weighted by atomic mass is 10.2. The normalized spacial score (nSPS) is 19.9. The van der Waals surface area contributed by atoms with Crippen LogP contribution < -0.4 is 5.32 Å². The van der Waals surface area contributed by atoms with Gasteiger partial charge in [0.25, 0.3) is 0 Å². The summed E-state index contributed by atoms with van der Waals surface area (Å²) in [7, 11) is 0. The van der Waals surface area contributed by atoms with Crippen LogP contribution in [0.4, 0.5) is 4.39 Å². The molecule has 20 heavy (non-hydrogen) atoms. The largest absolute Gasteiger partial charge is 0.379 e. The molecule has 1 fully saturated rings. The summed E-state index contributed by atoms with van der Waals surface area (Å²) in [4.78, 5) is 4.52. The molecule has 0 saturated carbocycles. The van der Waals surface area contributed by atoms with Crippen molar-refractivity contribution < 1.29 is 9.13 Å². The Morgan fingerprint density at radius 1 is 1.50 bits per heavy atom. The Kier molecular flexibility index (Phi) is 3.72. The predicted octanol–water partition coefficient (Wildman–Crippen LogP) is 2.29. The highest BCUT2D eigenvalue weighted by atomic mass is 19.1. The third kappa shape index (κ3) is 2.43. The fourth-order valence-corrected chi connectivity index (χ4v) is 2.82. The molecular formula is C15H20FN3O. The first-order chi connectivity index (χ1) is 9.66. The molecule has 0 amide bonds. The van der Waals surface area contributed by atoms with E-state index in [0.717, 1.165) is 30.9 Å². The molecule has 1 aliphatic rings. The van der Waals surface area contributed by atoms with Crippen LogP contribution in [0.25, 0.3) is 11.0 Å². The highest BCUT2D eigenvalue weighted by Gasteiger charge is 2.20. The molecular weight excluding hydrogens is 257 g/mol. The molecule has 4 nitrogen and oxygen atoms in total. The van der Waals surface area contributed by atoms with Crippen molar-refractivity contribution in [2.24, 2.45) is 0 Å². The van der Waals surface area contributed by atoms with Gasteiger partial charge in [0.2, 0.25) is 0 Å². The van der Waals surface area contributed by atoms with Crippen molar-refractivity contribution in [3.63, 3.8) is 0 Å². The van der Waals surface area contributed by atoms with E-state index in [1.54, 1.807) is 6.07 Å². The van der Waals surface area contributed by atoms with Gasteiger partial charge in [-0.1, -0.05) is 6.07 Å². The van der Waals surface area contributed by atoms with Crippen molar-refractivity contribution in [2.45, 2.75) is 32.4 Å². The molecule has 5 heteroatoms. The Bertz CT molecular complexity index is 602. The number of imidazole rings is 1. The summed E-state index contributed by atoms with van der Waals surface area (Å²) in [6.07, 6.45) is 0.756. The number of nitrogens with one attached hydrogen (secondary N) is 1. The summed E-state index contributed by atoms with van der Waals surface area (Å²) < 4.78 is 21.5. The zero-order valence-electron chi connectivity index (χ0n) is 11.9. The first-order valence-corrected chi connectivity index (χ1v) is 7.13. The quantitative estimate of drug-likeness (QED) is 0.935. The van der Waals surface area contributed by atoms with Crippen LogP contribution in [0.5, 0.6) is 0 Å². The molecule has 1 unspecified atom stereocenters. The second kappa shape index (κ2) is 5.50. The second-order valence-corrected chi connectivity index (χ2v) is 5.53. The summed E-state index contributed by atoms with van der Waals surface area (Å²) in [6, 6.07) is 5.64. The monoisotopic (exact) mass is 277 g/mol. The van der Waals surface area contributed by atoms with Crippen LogP contribution in [0.2, 0.25) is 0 Å². The lowest BCUT2D eigenvalue weighted by Crippen LogP contribution is -2.43. The van der Waals surface area contributed by atoms with Gasteiger partial charge in [-0.25, -0.2) is 9.37 Å². The molecule has 0 spiro atoms. The van der Waals surface area contributed by atoms with Gasteiger partial charge >= 0.3 is 0 Å². The highest BCUT2D eigenvalue weighted by molar-refractivity contribution is 5.76. The fraction of sp³-hybridized carbons (Fsp3) is 0.533. The second-order valence-electron chi connectivity index (χ2n) is 5.53. The zero-order valence-corrected chi connectivity index (χ0v) is 11.9. The summed E-state index contributed by atoms with van der Waals surface area (Å²) in [5.41, 5.74) is 1.33. The number of para-hydroxylation sites is 1. The minimum absolute atomic E-state index is 0.251. The van der Waals surface area contributed by atoms with Gasteiger partial charge in [-0.15, -0.1) is 0 Å². The van der Waals surface area contributed by atoms with Gasteiger partial charge in [0.05, 0.1) is 18.7 Å². The molecule has 1 saturated heterocycles. The molecule has 2 heterocycles. The maximum Gasteiger partial charge on any atom is 0.151 e. The molecule has 0 radical (unpaired) electrons. The number of benzene rings is 1. The zero-order chi connectivity index (χ0) is 14.1. The average Bonchev–Trinajstić information content (AvgIpc) is 2.79. The molecule has 0 bridgehead atoms. The van der Waals surface area contributed by atoms with Crippen molar-refractivity contribution in [1.82, 2.24) is 14.9 Å². The van der Waals surface area contributed by atoms with Gasteiger partial charge in [0, 0.05) is 25.0 Å². The number of nitrogens with zero attached hydrogens (tertiary/aromatic N) is 2. The van der Waals surface area contributed by atoms with Crippen LogP contribution in [0.3, 0.4) is 0 Å². The standard InChI is InChI=1S/C15H20FN3O/c1-10(2)19-13-5-3-4-12(16)15(13)18-14(19)8-11-9-20-7-6-17-11/h3-5,10-11,17H,6-9H2,1-2H3. The Morgan fingerprint density at radius 2 is 2.35 bits per heavy atom. The van der Waals surface area contributed by atoms with Gasteiger partial charge in [-0.2, -0.15) is 0 Å². The lowest BCUT2D eigenvalue weighted by molar-refractivity contribution is 0.0761. The molecule has 3 rings (SSSR count). The number of aromatic nitrogens is 2. The SMILES string of the molecule is CC(C)n1c(CC2COCCN2)nc2c(F)cccc21. The van der Waals surface area contributed by atoms with E-state index in [1.165, 1.54) is 6.07 Å². The third-order valence-corrected chi connectivity index (χ3v) is 3.69. The van der Waals surface area contributed by atoms with E-state index < -0.39 is 0 Å². The van der Waals surface area contributed by atoms with E-state index >= 15 is 0 Å². The maximum absolute atomic E-state index is 13.9. The van der Waals surface area contributed by atoms with Gasteiger partial charge in [-0.3, -0.25) is 0 Å². The number of halogens is 1. The number of hydrogen-bond donors (Lipinski definition) is 1. The van der Waals surface area contributed by atoms with Crippen LogP contribution in [0.1, 0.15) is 25.7 Å². The molecule has 1 N–H and O–H groups in total. The van der Waals surface area contributed by atoms with Crippen LogP contribution in [0, 0.1) is 5.82 Å². The number of ether oxygens (including phenoxy) is 1. The smallest absolute Gasteiger partial charge is 0.151 e. The highest BCUT2D eigenvalue weighted by Crippen LogP contribution is 2.24. The van der Waals surface area contributed by atoms with Crippen LogP contribution in [0.15, 0.2) is 18.2 Å². The summed E-state index contributed by atoms with van der Waals surface area (Å²) >= 11 is 0. The Balaban J connectivity index is 2.00. The van der Waals surface area contributed by atoms with Gasteiger partial charge < -0.3 is 14.6 Å². The van der Waals surface area contributed by atoms with Gasteiger partial charge in [-0.05, 0) is 26.0 Å². The maximum atomic E-state index is 13.9. The molecule has 1 aromatic heterocycles. The number of hydrogen-bond acceptors (Lipinski definition) is 3. The first kappa shape index (κ1) is 13.5. The van der Waals surface area contributed by atoms with E-state index in [4.69, 9.17) is 4.74 Å². The number of rotatable bonds is 3. The molecule has 108 valence electrons. The fourth-order valence-electron chi connectivity index (χ4n) is 2.82. The van der Waals surface area contributed by atoms with E-state index in [-0.39, 0.29) is 17.9 Å². The van der Waals surface area contributed by atoms with Crippen molar-refractivity contribution in [2.75, 3.05) is 19.8 Å². The topological polar surface area (TPSA) is 39.1 Å². The Morgan fingerprint density at radius 3 is 3.05 bits per heavy atom. The van der Waals surface area contributed by atoms with E-state index in [2.05, 4.69) is 28.7 Å². The summed E-state index contributed by atoms with van der Waals surface area (Å²) in [6.45, 7) is 6.50. The summed E-state index contributed by atoms with van der Waals surface area (Å²) in [5, 5.41) is 3.42. The lowest BCUT2D eigenvalue weighted by Gasteiger charge is -2.24. The minimum atomic E-state index is -0.254. The van der Waals surface area contributed by atoms with Crippen molar-refractivity contribution in [3.8, 4) is 0 Å². The molecule has 1 atom stereocenters. The average molecular weight is 277 g/mol. The predicted molar refractivity (Wildman–Crippen MR) is 76.4 cm³/mol. The minimum Gasteiger partial charge on any atom is -0.379 e. The molecule has 1 aliphatic heterocycles. The summed E-state index contributed by atoms with van der Waals surface area (Å²) in [5.74, 6) is 0.666. The van der Waals surface area contributed by atoms with E-state index in [1.807, 2.05) is 6.07 Å². The van der Waals surface area contributed by atoms with Crippen LogP contribution >= 0.6 is 0 Å². The van der Waals surface area contributed by atoms with Crippen molar-refractivity contribution in [1.29, 1.82) is 0 Å². The Hall–Kier alpha value is -1.46. The molecule has 0 aliphatic carbocycles. The van der Waals surface area contributed by atoms with Crippen molar-refractivity contribution >= 4 is 11.0 Å². The van der Waals surface area contributed by atoms with E-state index in [0.29, 0.717) is 12.1 Å². The van der Waals surface area contributed by atoms with Gasteiger partial charge in [0.1, 0.15) is 11.3 Å². The van der Waals surface area contributed by atoms with Gasteiger partial charge in [0.15, 0.2) is 5.82 Å².